The number of fused-ring (bicyclic) bond motifs is 1. The molecule has 0 fully saturated rings. The van der Waals surface area contributed by atoms with E-state index in [2.05, 4.69) is 11.9 Å². The predicted molar refractivity (Wildman–Crippen MR) is 77.1 cm³/mol. The molecular formula is C15H16N2O4. The van der Waals surface area contributed by atoms with Gasteiger partial charge in [-0.05, 0) is 31.0 Å². The van der Waals surface area contributed by atoms with Gasteiger partial charge in [-0.25, -0.2) is 0 Å². The van der Waals surface area contributed by atoms with Crippen LogP contribution in [-0.2, 0) is 4.79 Å². The Morgan fingerprint density at radius 3 is 2.67 bits per heavy atom. The number of benzene rings is 1. The van der Waals surface area contributed by atoms with Crippen LogP contribution in [0.5, 0.6) is 0 Å². The lowest BCUT2D eigenvalue weighted by atomic mass is 10.1. The molecule has 0 bridgehead atoms. The molecule has 1 aromatic rings. The highest BCUT2D eigenvalue weighted by Crippen LogP contribution is 2.26. The molecule has 0 unspecified atom stereocenters. The van der Waals surface area contributed by atoms with Gasteiger partial charge >= 0.3 is 5.97 Å². The summed E-state index contributed by atoms with van der Waals surface area (Å²) in [4.78, 5) is 39.7. The van der Waals surface area contributed by atoms with Crippen LogP contribution >= 0.6 is 0 Å². The molecule has 6 heteroatoms. The topological polar surface area (TPSA) is 87.0 Å². The van der Waals surface area contributed by atoms with Crippen LogP contribution < -0.4 is 0 Å². The van der Waals surface area contributed by atoms with Crippen molar-refractivity contribution >= 4 is 29.7 Å². The first kappa shape index (κ1) is 14.9. The molecule has 6 nitrogen and oxygen atoms in total. The van der Waals surface area contributed by atoms with Crippen molar-refractivity contribution in [2.45, 2.75) is 26.2 Å². The Labute approximate surface area is 122 Å². The smallest absolute Gasteiger partial charge is 0.323 e. The molecule has 1 aliphatic heterocycles. The Hall–Kier alpha value is -2.50. The van der Waals surface area contributed by atoms with Gasteiger partial charge in [-0.1, -0.05) is 13.3 Å². The number of aliphatic carboxylic acids is 1. The molecule has 0 aromatic heterocycles. The Bertz CT molecular complexity index is 622. The lowest BCUT2D eigenvalue weighted by molar-refractivity contribution is -0.137. The molecule has 110 valence electrons. The summed E-state index contributed by atoms with van der Waals surface area (Å²) in [6.07, 6.45) is 4.75. The van der Waals surface area contributed by atoms with Crippen molar-refractivity contribution in [3.8, 4) is 0 Å². The normalized spacial score (nSPS) is 14.0. The number of rotatable bonds is 6. The summed E-state index contributed by atoms with van der Waals surface area (Å²) in [5.74, 6) is -2.37. The van der Waals surface area contributed by atoms with Gasteiger partial charge in [-0.15, -0.1) is 0 Å². The van der Waals surface area contributed by atoms with E-state index in [4.69, 9.17) is 5.11 Å². The number of imide groups is 1. The van der Waals surface area contributed by atoms with Crippen LogP contribution in [0.4, 0.5) is 5.69 Å². The van der Waals surface area contributed by atoms with Gasteiger partial charge in [0.15, 0.2) is 0 Å². The summed E-state index contributed by atoms with van der Waals surface area (Å²) in [5, 5.41) is 8.74. The van der Waals surface area contributed by atoms with Gasteiger partial charge in [0.1, 0.15) is 6.54 Å². The van der Waals surface area contributed by atoms with Crippen LogP contribution in [0.25, 0.3) is 0 Å². The first-order valence-corrected chi connectivity index (χ1v) is 6.79. The predicted octanol–water partition coefficient (Wildman–Crippen LogP) is 2.26. The van der Waals surface area contributed by atoms with Crippen LogP contribution in [0, 0.1) is 0 Å². The van der Waals surface area contributed by atoms with Crippen LogP contribution in [0.15, 0.2) is 23.2 Å². The van der Waals surface area contributed by atoms with Gasteiger partial charge in [0, 0.05) is 6.21 Å². The lowest BCUT2D eigenvalue weighted by Crippen LogP contribution is -2.34. The van der Waals surface area contributed by atoms with E-state index in [-0.39, 0.29) is 11.1 Å². The van der Waals surface area contributed by atoms with Gasteiger partial charge in [-0.3, -0.25) is 24.3 Å². The van der Waals surface area contributed by atoms with E-state index >= 15 is 0 Å². The van der Waals surface area contributed by atoms with Crippen molar-refractivity contribution in [3.63, 3.8) is 0 Å². The lowest BCUT2D eigenvalue weighted by Gasteiger charge is -2.09. The van der Waals surface area contributed by atoms with Crippen molar-refractivity contribution in [3.05, 3.63) is 29.3 Å². The van der Waals surface area contributed by atoms with E-state index in [1.807, 2.05) is 0 Å². The maximum Gasteiger partial charge on any atom is 0.323 e. The number of hydrogen-bond acceptors (Lipinski definition) is 4. The molecule has 1 aliphatic rings. The highest BCUT2D eigenvalue weighted by Gasteiger charge is 2.36. The minimum atomic E-state index is -1.22. The first-order chi connectivity index (χ1) is 10.0. The van der Waals surface area contributed by atoms with E-state index < -0.39 is 24.3 Å². The maximum absolute atomic E-state index is 12.1. The molecule has 1 heterocycles. The highest BCUT2D eigenvalue weighted by atomic mass is 16.4. The van der Waals surface area contributed by atoms with E-state index in [1.54, 1.807) is 12.3 Å². The summed E-state index contributed by atoms with van der Waals surface area (Å²) >= 11 is 0. The van der Waals surface area contributed by atoms with Gasteiger partial charge in [-0.2, -0.15) is 0 Å². The number of carboxylic acid groups (broad SMARTS) is 1. The number of carbonyl (C=O) groups excluding carboxylic acids is 2. The number of nitrogens with zero attached hydrogens (tertiary/aromatic N) is 2. The van der Waals surface area contributed by atoms with Gasteiger partial charge in [0.2, 0.25) is 0 Å². The summed E-state index contributed by atoms with van der Waals surface area (Å²) in [7, 11) is 0. The summed E-state index contributed by atoms with van der Waals surface area (Å²) < 4.78 is 0. The largest absolute Gasteiger partial charge is 0.480 e. The average molecular weight is 288 g/mol. The summed E-state index contributed by atoms with van der Waals surface area (Å²) in [5.41, 5.74) is 1.03. The SMILES string of the molecule is CCCCC=Nc1ccc2c(c1)C(=O)N(CC(=O)O)C2=O. The Morgan fingerprint density at radius 1 is 1.29 bits per heavy atom. The third-order valence-electron chi connectivity index (χ3n) is 3.17. The maximum atomic E-state index is 12.1. The van der Waals surface area contributed by atoms with Crippen molar-refractivity contribution in [2.75, 3.05) is 6.54 Å². The molecule has 0 radical (unpaired) electrons. The molecule has 2 rings (SSSR count). The number of unbranched alkanes of at least 4 members (excludes halogenated alkanes) is 2. The van der Waals surface area contributed by atoms with Crippen LogP contribution in [-0.4, -0.2) is 40.5 Å². The van der Waals surface area contributed by atoms with Gasteiger partial charge < -0.3 is 5.11 Å². The van der Waals surface area contributed by atoms with E-state index in [0.29, 0.717) is 5.69 Å². The molecular weight excluding hydrogens is 272 g/mol. The Morgan fingerprint density at radius 2 is 2.00 bits per heavy atom. The fourth-order valence-corrected chi connectivity index (χ4v) is 2.10. The van der Waals surface area contributed by atoms with Crippen molar-refractivity contribution < 1.29 is 19.5 Å². The number of carbonyl (C=O) groups is 3. The minimum absolute atomic E-state index is 0.214. The molecule has 1 aromatic carbocycles. The number of aliphatic imine (C=N–C) groups is 1. The highest BCUT2D eigenvalue weighted by molar-refractivity contribution is 6.22. The Balaban J connectivity index is 2.21. The van der Waals surface area contributed by atoms with Gasteiger partial charge in [0.05, 0.1) is 16.8 Å². The molecule has 0 aliphatic carbocycles. The minimum Gasteiger partial charge on any atom is -0.480 e. The number of hydrogen-bond donors (Lipinski definition) is 1. The zero-order valence-electron chi connectivity index (χ0n) is 11.7. The van der Waals surface area contributed by atoms with Crippen molar-refractivity contribution in [1.29, 1.82) is 0 Å². The van der Waals surface area contributed by atoms with E-state index in [0.717, 1.165) is 24.2 Å². The Kier molecular flexibility index (Phi) is 4.47. The second kappa shape index (κ2) is 6.30. The second-order valence-electron chi connectivity index (χ2n) is 4.77. The standard InChI is InChI=1S/C15H16N2O4/c1-2-3-4-7-16-10-5-6-11-12(8-10)15(21)17(14(11)20)9-13(18)19/h5-8H,2-4,9H2,1H3,(H,18,19). The van der Waals surface area contributed by atoms with E-state index in [1.165, 1.54) is 12.1 Å². The fraction of sp³-hybridized carbons (Fsp3) is 0.333. The van der Waals surface area contributed by atoms with Crippen molar-refractivity contribution in [2.24, 2.45) is 4.99 Å². The zero-order valence-corrected chi connectivity index (χ0v) is 11.7. The third kappa shape index (κ3) is 3.16. The zero-order chi connectivity index (χ0) is 15.4. The third-order valence-corrected chi connectivity index (χ3v) is 3.17. The molecule has 2 amide bonds. The molecule has 21 heavy (non-hydrogen) atoms. The van der Waals surface area contributed by atoms with E-state index in [9.17, 15) is 14.4 Å². The van der Waals surface area contributed by atoms with Crippen LogP contribution in [0.2, 0.25) is 0 Å². The first-order valence-electron chi connectivity index (χ1n) is 6.79. The summed E-state index contributed by atoms with van der Waals surface area (Å²) in [6, 6.07) is 4.69. The second-order valence-corrected chi connectivity index (χ2v) is 4.77. The summed E-state index contributed by atoms with van der Waals surface area (Å²) in [6.45, 7) is 1.46. The average Bonchev–Trinajstić information content (AvgIpc) is 2.68. The van der Waals surface area contributed by atoms with Crippen molar-refractivity contribution in [1.82, 2.24) is 4.90 Å². The molecule has 1 N–H and O–H groups in total. The van der Waals surface area contributed by atoms with Crippen LogP contribution in [0.3, 0.4) is 0 Å². The molecule has 0 spiro atoms. The number of amides is 2. The fourth-order valence-electron chi connectivity index (χ4n) is 2.10. The molecule has 0 saturated carbocycles. The monoisotopic (exact) mass is 288 g/mol. The van der Waals surface area contributed by atoms with Crippen LogP contribution in [0.1, 0.15) is 46.9 Å². The van der Waals surface area contributed by atoms with Gasteiger partial charge in [0.25, 0.3) is 11.8 Å². The molecule has 0 atom stereocenters. The quantitative estimate of drug-likeness (QED) is 0.494. The number of carboxylic acids is 1. The molecule has 0 saturated heterocycles.